The van der Waals surface area contributed by atoms with Gasteiger partial charge in [0.2, 0.25) is 15.9 Å². The number of hydrogen-bond donors (Lipinski definition) is 3. The lowest BCUT2D eigenvalue weighted by molar-refractivity contribution is -0.142. The summed E-state index contributed by atoms with van der Waals surface area (Å²) in [5.74, 6) is 4.23. The molecule has 284 valence electrons. The molecule has 0 saturated carbocycles. The minimum Gasteiger partial charge on any atom is -0.378 e. The van der Waals surface area contributed by atoms with Crippen molar-refractivity contribution in [3.8, 4) is 23.0 Å². The number of sulfonamides is 1. The van der Waals surface area contributed by atoms with Crippen LogP contribution in [0.2, 0.25) is 5.02 Å². The lowest BCUT2D eigenvalue weighted by Gasteiger charge is -2.23. The van der Waals surface area contributed by atoms with Gasteiger partial charge < -0.3 is 15.2 Å². The zero-order chi connectivity index (χ0) is 39.2. The second-order valence-electron chi connectivity index (χ2n) is 13.3. The molecule has 12 nitrogen and oxygen atoms in total. The van der Waals surface area contributed by atoms with E-state index in [0.29, 0.717) is 22.2 Å². The van der Waals surface area contributed by atoms with Crippen LogP contribution < -0.4 is 10.0 Å². The third kappa shape index (κ3) is 8.68. The molecule has 1 aliphatic heterocycles. The van der Waals surface area contributed by atoms with E-state index < -0.39 is 51.8 Å². The van der Waals surface area contributed by atoms with Gasteiger partial charge >= 0.3 is 6.18 Å². The zero-order valence-electron chi connectivity index (χ0n) is 29.3. The molecule has 4 heterocycles. The number of benzene rings is 2. The van der Waals surface area contributed by atoms with Gasteiger partial charge in [-0.1, -0.05) is 35.7 Å². The molecule has 0 saturated heterocycles. The topological polar surface area (TPSA) is 153 Å². The van der Waals surface area contributed by atoms with Crippen molar-refractivity contribution in [2.45, 2.75) is 57.7 Å². The molecule has 0 fully saturated rings. The largest absolute Gasteiger partial charge is 0.435 e. The van der Waals surface area contributed by atoms with E-state index in [1.165, 1.54) is 36.7 Å². The summed E-state index contributed by atoms with van der Waals surface area (Å²) in [6, 6.07) is 11.1. The molecule has 1 atom stereocenters. The van der Waals surface area contributed by atoms with Crippen molar-refractivity contribution < 1.29 is 40.6 Å². The van der Waals surface area contributed by atoms with Gasteiger partial charge in [-0.15, -0.1) is 0 Å². The maximum atomic E-state index is 14.5. The molecule has 54 heavy (non-hydrogen) atoms. The van der Waals surface area contributed by atoms with E-state index >= 15 is 0 Å². The lowest BCUT2D eigenvalue weighted by Crippen LogP contribution is -2.34. The minimum absolute atomic E-state index is 0.0231. The van der Waals surface area contributed by atoms with Crippen LogP contribution in [-0.2, 0) is 58.8 Å². The number of carbonyl (C=O) groups excluding carboxylic acids is 1. The number of aromatic nitrogens is 5. The Labute approximate surface area is 312 Å². The highest BCUT2D eigenvalue weighted by Gasteiger charge is 2.40. The minimum atomic E-state index is -4.75. The molecule has 3 N–H and O–H groups in total. The summed E-state index contributed by atoms with van der Waals surface area (Å²) in [6.07, 6.45) is -3.84. The molecule has 0 spiro atoms. The summed E-state index contributed by atoms with van der Waals surface area (Å²) in [7, 11) is -2.19. The van der Waals surface area contributed by atoms with Crippen molar-refractivity contribution in [1.82, 2.24) is 29.9 Å². The van der Waals surface area contributed by atoms with Gasteiger partial charge in [-0.3, -0.25) is 18.9 Å². The first kappa shape index (κ1) is 38.7. The van der Waals surface area contributed by atoms with E-state index in [0.717, 1.165) is 10.9 Å². The Morgan fingerprint density at radius 1 is 1.13 bits per heavy atom. The number of nitrogens with one attached hydrogen (secondary N) is 2. The van der Waals surface area contributed by atoms with Gasteiger partial charge in [0.1, 0.15) is 23.7 Å². The number of amides is 1. The number of alkyl halides is 3. The first-order chi connectivity index (χ1) is 25.3. The van der Waals surface area contributed by atoms with E-state index in [9.17, 15) is 35.9 Å². The number of hydrogen-bond acceptors (Lipinski definition) is 8. The van der Waals surface area contributed by atoms with E-state index in [-0.39, 0.29) is 64.9 Å². The molecular formula is C36H34ClF4N7O5S. The Bertz CT molecular complexity index is 2450. The van der Waals surface area contributed by atoms with Crippen LogP contribution in [0.25, 0.3) is 22.0 Å². The van der Waals surface area contributed by atoms with Gasteiger partial charge in [0.15, 0.2) is 11.5 Å². The van der Waals surface area contributed by atoms with Gasteiger partial charge in [-0.25, -0.2) is 17.8 Å². The number of ether oxygens (including phenoxy) is 1. The molecule has 5 aromatic rings. The van der Waals surface area contributed by atoms with Crippen LogP contribution in [-0.4, -0.2) is 62.4 Å². The number of aryl methyl sites for hydroxylation is 1. The maximum absolute atomic E-state index is 14.5. The fourth-order valence-corrected chi connectivity index (χ4v) is 6.98. The number of nitrogens with zero attached hydrogens (tertiary/aromatic N) is 5. The number of halogens is 5. The monoisotopic (exact) mass is 787 g/mol. The number of fused-ring (bicyclic) bond motifs is 2. The second kappa shape index (κ2) is 14.7. The summed E-state index contributed by atoms with van der Waals surface area (Å²) in [6.45, 7) is 2.27. The van der Waals surface area contributed by atoms with Crippen molar-refractivity contribution in [2.75, 3.05) is 17.6 Å². The maximum Gasteiger partial charge on any atom is 0.435 e. The zero-order valence-corrected chi connectivity index (χ0v) is 30.9. The number of pyridine rings is 1. The summed E-state index contributed by atoms with van der Waals surface area (Å²) in [5, 5.41) is 21.8. The molecular weight excluding hydrogens is 754 g/mol. The van der Waals surface area contributed by atoms with Crippen LogP contribution in [0.4, 0.5) is 23.4 Å². The normalized spacial score (nSPS) is 14.0. The first-order valence-electron chi connectivity index (χ1n) is 16.4. The van der Waals surface area contributed by atoms with Crippen LogP contribution in [0, 0.1) is 17.7 Å². The first-order valence-corrected chi connectivity index (χ1v) is 18.7. The predicted molar refractivity (Wildman–Crippen MR) is 192 cm³/mol. The molecule has 0 bridgehead atoms. The Morgan fingerprint density at radius 3 is 2.56 bits per heavy atom. The summed E-state index contributed by atoms with van der Waals surface area (Å²) < 4.78 is 90.9. The Kier molecular flexibility index (Phi) is 10.5. The van der Waals surface area contributed by atoms with Crippen LogP contribution in [0.1, 0.15) is 53.8 Å². The predicted octanol–water partition coefficient (Wildman–Crippen LogP) is 5.31. The third-order valence-corrected chi connectivity index (χ3v) is 9.27. The van der Waals surface area contributed by atoms with Crippen molar-refractivity contribution in [1.29, 1.82) is 0 Å². The molecule has 1 amide bonds. The van der Waals surface area contributed by atoms with Crippen molar-refractivity contribution >= 4 is 44.3 Å². The van der Waals surface area contributed by atoms with Crippen LogP contribution in [0.3, 0.4) is 0 Å². The molecule has 1 aliphatic rings. The summed E-state index contributed by atoms with van der Waals surface area (Å²) in [5.41, 5.74) is -0.266. The van der Waals surface area contributed by atoms with Crippen molar-refractivity contribution in [3.63, 3.8) is 0 Å². The number of anilines is 1. The van der Waals surface area contributed by atoms with Crippen LogP contribution in [0.15, 0.2) is 48.5 Å². The van der Waals surface area contributed by atoms with Gasteiger partial charge in [0, 0.05) is 23.7 Å². The van der Waals surface area contributed by atoms with Crippen molar-refractivity contribution in [2.24, 2.45) is 7.05 Å². The van der Waals surface area contributed by atoms with Crippen LogP contribution >= 0.6 is 11.6 Å². The molecule has 18 heteroatoms. The lowest BCUT2D eigenvalue weighted by atomic mass is 9.93. The number of carbonyl (C=O) groups is 1. The fraction of sp³-hybridized carbons (Fsp3) is 0.333. The van der Waals surface area contributed by atoms with Gasteiger partial charge in [0.05, 0.1) is 52.8 Å². The van der Waals surface area contributed by atoms with Crippen LogP contribution in [0.5, 0.6) is 0 Å². The third-order valence-electron chi connectivity index (χ3n) is 8.39. The highest BCUT2D eigenvalue weighted by Crippen LogP contribution is 2.40. The standard InChI is InChI=1S/C36H34ClF4N7O5S/c1-35(2,50)14-12-22-8-9-23(24-10-11-26(37)30-32(24)47(3)45-34(30)46-54(4,51)52)31(42-22)27(17-20-6-5-7-21(38)16-20)43-29(49)18-48-28-19-53-15-13-25(28)33(44-48)36(39,40)41/h5-11,16,27,50H,13,15,17-19H2,1-4H3,(H,43,49)(H,45,46)/t27-/m0/s1. The SMILES string of the molecule is Cn1nc(NS(C)(=O)=O)c2c(Cl)ccc(-c3ccc(C#CC(C)(C)O)nc3[C@H](Cc3cccc(F)c3)NC(=O)Cn3nc(C(F)(F)F)c4c3COCC4)c21. The smallest absolute Gasteiger partial charge is 0.378 e. The van der Waals surface area contributed by atoms with E-state index in [1.807, 2.05) is 0 Å². The molecule has 0 radical (unpaired) electrons. The average molecular weight is 788 g/mol. The molecule has 3 aromatic heterocycles. The van der Waals surface area contributed by atoms with Gasteiger partial charge in [-0.05, 0) is 68.5 Å². The molecule has 0 unspecified atom stereocenters. The Hall–Kier alpha value is -5.02. The highest BCUT2D eigenvalue weighted by molar-refractivity contribution is 7.92. The summed E-state index contributed by atoms with van der Waals surface area (Å²) in [4.78, 5) is 18.7. The van der Waals surface area contributed by atoms with E-state index in [2.05, 4.69) is 32.1 Å². The molecule has 2 aromatic carbocycles. The van der Waals surface area contributed by atoms with Gasteiger partial charge in [0.25, 0.3) is 0 Å². The number of rotatable bonds is 9. The van der Waals surface area contributed by atoms with Gasteiger partial charge in [-0.2, -0.15) is 23.4 Å². The van der Waals surface area contributed by atoms with E-state index in [1.54, 1.807) is 37.4 Å². The Morgan fingerprint density at radius 2 is 1.87 bits per heavy atom. The number of aliphatic hydroxyl groups is 1. The fourth-order valence-electron chi connectivity index (χ4n) is 6.25. The molecule has 0 aliphatic carbocycles. The average Bonchev–Trinajstić information content (AvgIpc) is 3.60. The highest BCUT2D eigenvalue weighted by atomic mass is 35.5. The second-order valence-corrected chi connectivity index (χ2v) is 15.4. The van der Waals surface area contributed by atoms with E-state index in [4.69, 9.17) is 21.3 Å². The molecule has 6 rings (SSSR count). The quantitative estimate of drug-likeness (QED) is 0.134. The Balaban J connectivity index is 1.51. The summed E-state index contributed by atoms with van der Waals surface area (Å²) >= 11 is 6.60. The van der Waals surface area contributed by atoms with Crippen molar-refractivity contribution in [3.05, 3.63) is 93.3 Å².